The fourth-order valence-corrected chi connectivity index (χ4v) is 2.08. The molecular formula is C12H16N2S. The molecule has 0 amide bonds. The summed E-state index contributed by atoms with van der Waals surface area (Å²) in [4.78, 5) is 4.06. The van der Waals surface area contributed by atoms with E-state index in [2.05, 4.69) is 43.1 Å². The molecule has 0 aliphatic heterocycles. The second-order valence-electron chi connectivity index (χ2n) is 3.48. The van der Waals surface area contributed by atoms with Crippen LogP contribution in [0.1, 0.15) is 30.5 Å². The van der Waals surface area contributed by atoms with Gasteiger partial charge in [0.15, 0.2) is 0 Å². The van der Waals surface area contributed by atoms with Crippen LogP contribution in [0.5, 0.6) is 0 Å². The van der Waals surface area contributed by atoms with Gasteiger partial charge in [-0.25, -0.2) is 0 Å². The van der Waals surface area contributed by atoms with E-state index in [4.69, 9.17) is 5.73 Å². The number of benzene rings is 1. The van der Waals surface area contributed by atoms with Gasteiger partial charge in [-0.2, -0.15) is 4.99 Å². The van der Waals surface area contributed by atoms with E-state index in [1.165, 1.54) is 16.7 Å². The maximum absolute atomic E-state index is 5.96. The van der Waals surface area contributed by atoms with E-state index in [0.717, 1.165) is 24.2 Å². The van der Waals surface area contributed by atoms with Gasteiger partial charge in [0.2, 0.25) is 0 Å². The number of nitrogens with two attached hydrogens (primary N) is 1. The van der Waals surface area contributed by atoms with Crippen molar-refractivity contribution in [1.82, 2.24) is 0 Å². The van der Waals surface area contributed by atoms with Crippen LogP contribution in [-0.4, -0.2) is 5.16 Å². The van der Waals surface area contributed by atoms with Crippen molar-refractivity contribution in [3.63, 3.8) is 0 Å². The van der Waals surface area contributed by atoms with Gasteiger partial charge in [-0.1, -0.05) is 13.8 Å². The molecule has 0 aliphatic carbocycles. The molecule has 0 spiro atoms. The van der Waals surface area contributed by atoms with Gasteiger partial charge < -0.3 is 5.73 Å². The largest absolute Gasteiger partial charge is 0.398 e. The highest BCUT2D eigenvalue weighted by molar-refractivity contribution is 7.78. The van der Waals surface area contributed by atoms with Crippen LogP contribution in [0.15, 0.2) is 11.1 Å². The number of nitrogen functional groups attached to an aromatic ring is 1. The highest BCUT2D eigenvalue weighted by atomic mass is 32.1. The smallest absolute Gasteiger partial charge is 0.0794 e. The number of hydrogen-bond donors (Lipinski definition) is 1. The molecule has 15 heavy (non-hydrogen) atoms. The zero-order valence-corrected chi connectivity index (χ0v) is 10.2. The minimum Gasteiger partial charge on any atom is -0.398 e. The summed E-state index contributed by atoms with van der Waals surface area (Å²) in [5.74, 6) is 0. The van der Waals surface area contributed by atoms with Crippen LogP contribution in [0.3, 0.4) is 0 Å². The Morgan fingerprint density at radius 3 is 2.40 bits per heavy atom. The van der Waals surface area contributed by atoms with E-state index < -0.39 is 0 Å². The summed E-state index contributed by atoms with van der Waals surface area (Å²) < 4.78 is 0. The summed E-state index contributed by atoms with van der Waals surface area (Å²) in [5.41, 5.74) is 11.3. The maximum atomic E-state index is 5.96. The second-order valence-corrected chi connectivity index (χ2v) is 3.66. The summed E-state index contributed by atoms with van der Waals surface area (Å²) >= 11 is 4.63. The SMILES string of the molecule is CCc1c(N)cc(N=C=S)c(CC)c1C. The van der Waals surface area contributed by atoms with Gasteiger partial charge >= 0.3 is 0 Å². The molecule has 0 atom stereocenters. The predicted molar refractivity (Wildman–Crippen MR) is 69.0 cm³/mol. The Morgan fingerprint density at radius 2 is 1.93 bits per heavy atom. The maximum Gasteiger partial charge on any atom is 0.0794 e. The Hall–Kier alpha value is -1.18. The van der Waals surface area contributed by atoms with Crippen molar-refractivity contribution < 1.29 is 0 Å². The highest BCUT2D eigenvalue weighted by Crippen LogP contribution is 2.30. The molecule has 1 aromatic rings. The molecule has 0 unspecified atom stereocenters. The number of anilines is 1. The van der Waals surface area contributed by atoms with Gasteiger partial charge in [0.25, 0.3) is 0 Å². The molecule has 0 aliphatic rings. The average Bonchev–Trinajstić information content (AvgIpc) is 2.19. The molecule has 2 N–H and O–H groups in total. The van der Waals surface area contributed by atoms with E-state index in [1.807, 2.05) is 6.07 Å². The highest BCUT2D eigenvalue weighted by Gasteiger charge is 2.10. The number of thiocarbonyl (C=S) groups is 1. The van der Waals surface area contributed by atoms with Crippen molar-refractivity contribution in [2.75, 3.05) is 5.73 Å². The molecule has 0 saturated carbocycles. The number of rotatable bonds is 3. The van der Waals surface area contributed by atoms with Crippen LogP contribution in [-0.2, 0) is 12.8 Å². The molecule has 0 heterocycles. The summed E-state index contributed by atoms with van der Waals surface area (Å²) in [6, 6.07) is 1.89. The van der Waals surface area contributed by atoms with Crippen LogP contribution >= 0.6 is 12.2 Å². The molecule has 0 fully saturated rings. The number of nitrogens with zero attached hydrogens (tertiary/aromatic N) is 1. The molecule has 1 rings (SSSR count). The fourth-order valence-electron chi connectivity index (χ4n) is 1.98. The topological polar surface area (TPSA) is 38.4 Å². The lowest BCUT2D eigenvalue weighted by Crippen LogP contribution is -2.00. The third-order valence-electron chi connectivity index (χ3n) is 2.73. The summed E-state index contributed by atoms with van der Waals surface area (Å²) in [5, 5.41) is 2.40. The Kier molecular flexibility index (Phi) is 4.01. The minimum absolute atomic E-state index is 0.802. The molecule has 3 heteroatoms. The second kappa shape index (κ2) is 5.06. The van der Waals surface area contributed by atoms with Crippen molar-refractivity contribution in [3.8, 4) is 0 Å². The van der Waals surface area contributed by atoms with Crippen molar-refractivity contribution in [1.29, 1.82) is 0 Å². The summed E-state index contributed by atoms with van der Waals surface area (Å²) in [6.07, 6.45) is 1.89. The first-order chi connectivity index (χ1) is 7.15. The zero-order valence-electron chi connectivity index (χ0n) is 9.42. The Bertz CT molecular complexity index is 418. The number of isothiocyanates is 1. The Balaban J connectivity index is 3.50. The first kappa shape index (κ1) is 11.9. The van der Waals surface area contributed by atoms with Crippen molar-refractivity contribution >= 4 is 28.8 Å². The first-order valence-corrected chi connectivity index (χ1v) is 5.55. The lowest BCUT2D eigenvalue weighted by molar-refractivity contribution is 1.05. The van der Waals surface area contributed by atoms with Gasteiger partial charge in [-0.15, -0.1) is 0 Å². The normalized spacial score (nSPS) is 9.80. The number of hydrogen-bond acceptors (Lipinski definition) is 3. The van der Waals surface area contributed by atoms with Crippen molar-refractivity contribution in [2.24, 2.45) is 4.99 Å². The lowest BCUT2D eigenvalue weighted by Gasteiger charge is -2.14. The Morgan fingerprint density at radius 1 is 1.33 bits per heavy atom. The van der Waals surface area contributed by atoms with Crippen LogP contribution in [0, 0.1) is 6.92 Å². The summed E-state index contributed by atoms with van der Waals surface area (Å²) in [7, 11) is 0. The fraction of sp³-hybridized carbons (Fsp3) is 0.417. The average molecular weight is 220 g/mol. The molecule has 80 valence electrons. The van der Waals surface area contributed by atoms with Crippen LogP contribution in [0.4, 0.5) is 11.4 Å². The van der Waals surface area contributed by atoms with E-state index >= 15 is 0 Å². The minimum atomic E-state index is 0.802. The summed E-state index contributed by atoms with van der Waals surface area (Å²) in [6.45, 7) is 6.32. The zero-order chi connectivity index (χ0) is 11.4. The van der Waals surface area contributed by atoms with Crippen LogP contribution in [0.2, 0.25) is 0 Å². The van der Waals surface area contributed by atoms with Gasteiger partial charge in [0.1, 0.15) is 0 Å². The third-order valence-corrected chi connectivity index (χ3v) is 2.82. The van der Waals surface area contributed by atoms with E-state index in [-0.39, 0.29) is 0 Å². The molecule has 2 nitrogen and oxygen atoms in total. The molecule has 0 aromatic heterocycles. The van der Waals surface area contributed by atoms with Gasteiger partial charge in [0.05, 0.1) is 10.8 Å². The quantitative estimate of drug-likeness (QED) is 0.481. The van der Waals surface area contributed by atoms with Crippen molar-refractivity contribution in [2.45, 2.75) is 33.6 Å². The van der Waals surface area contributed by atoms with Gasteiger partial charge in [-0.05, 0) is 54.7 Å². The molecular weight excluding hydrogens is 204 g/mol. The molecule has 0 radical (unpaired) electrons. The van der Waals surface area contributed by atoms with Gasteiger partial charge in [0, 0.05) is 5.69 Å². The van der Waals surface area contributed by atoms with Crippen LogP contribution in [0.25, 0.3) is 0 Å². The van der Waals surface area contributed by atoms with Crippen molar-refractivity contribution in [3.05, 3.63) is 22.8 Å². The third kappa shape index (κ3) is 2.25. The van der Waals surface area contributed by atoms with E-state index in [0.29, 0.717) is 0 Å². The first-order valence-electron chi connectivity index (χ1n) is 5.14. The van der Waals surface area contributed by atoms with E-state index in [1.54, 1.807) is 0 Å². The molecule has 0 saturated heterocycles. The Labute approximate surface area is 96.2 Å². The van der Waals surface area contributed by atoms with E-state index in [9.17, 15) is 0 Å². The molecule has 1 aromatic carbocycles. The number of aliphatic imine (C=N–C) groups is 1. The monoisotopic (exact) mass is 220 g/mol. The van der Waals surface area contributed by atoms with Crippen LogP contribution < -0.4 is 5.73 Å². The standard InChI is InChI=1S/C12H16N2S/c1-4-9-8(3)10(5-2)12(14-7-15)6-11(9)13/h6H,4-5,13H2,1-3H3. The molecule has 0 bridgehead atoms. The van der Waals surface area contributed by atoms with Gasteiger partial charge in [-0.3, -0.25) is 0 Å². The predicted octanol–water partition coefficient (Wildman–Crippen LogP) is 3.44. The lowest BCUT2D eigenvalue weighted by atomic mass is 9.95.